The molecule has 3 aliphatic carbocycles. The Kier molecular flexibility index (Phi) is 10.2. The minimum absolute atomic E-state index is 0.0704. The van der Waals surface area contributed by atoms with Crippen LogP contribution in [0, 0.1) is 16.7 Å². The number of hydrogen-bond donors (Lipinski definition) is 3. The highest BCUT2D eigenvalue weighted by Crippen LogP contribution is 2.64. The number of Topliss-reactive ketones (excluding diaryl/α,β-unsaturated/α-hetero) is 1. The number of carbonyl (C=O) groups is 5. The van der Waals surface area contributed by atoms with Gasteiger partial charge in [-0.15, -0.1) is 0 Å². The zero-order valence-corrected chi connectivity index (χ0v) is 31.4. The fourth-order valence-electron chi connectivity index (χ4n) is 9.37. The SMILES string of the molecule is CC(=O)O[C@H]1C(=O)[C@@]2(C)[C@H]([C@H](OC(=O)c3ccccc3)[C@]3(O)C[C@H](OC(=O)[C@H](O)[C@@H](C)c4ccccc4)C(C)=C1C3(C)C)[C@]1(OC(C)=O)CO[C@@H]1C[C@@H]2O. The van der Waals surface area contributed by atoms with E-state index in [4.69, 9.17) is 23.7 Å². The predicted molar refractivity (Wildman–Crippen MR) is 189 cm³/mol. The lowest BCUT2D eigenvalue weighted by Crippen LogP contribution is -2.82. The highest BCUT2D eigenvalue weighted by molar-refractivity contribution is 5.95. The number of rotatable bonds is 8. The summed E-state index contributed by atoms with van der Waals surface area (Å²) in [5.74, 6) is -6.50. The Morgan fingerprint density at radius 3 is 2.07 bits per heavy atom. The molecule has 2 aromatic carbocycles. The second kappa shape index (κ2) is 14.0. The number of carbonyl (C=O) groups excluding carboxylic acids is 5. The number of esters is 4. The lowest BCUT2D eigenvalue weighted by atomic mass is 9.44. The molecule has 1 heterocycles. The van der Waals surface area contributed by atoms with Gasteiger partial charge in [0.05, 0.1) is 29.6 Å². The molecule has 2 bridgehead atoms. The minimum atomic E-state index is -2.29. The molecule has 1 saturated heterocycles. The summed E-state index contributed by atoms with van der Waals surface area (Å²) in [5, 5.41) is 36.6. The molecule has 0 amide bonds. The van der Waals surface area contributed by atoms with Gasteiger partial charge in [0.1, 0.15) is 23.9 Å². The smallest absolute Gasteiger partial charge is 0.338 e. The Labute approximate surface area is 313 Å². The quantitative estimate of drug-likeness (QED) is 0.203. The van der Waals surface area contributed by atoms with E-state index in [9.17, 15) is 34.5 Å². The lowest BCUT2D eigenvalue weighted by molar-refractivity contribution is -0.346. The van der Waals surface area contributed by atoms with Crippen molar-refractivity contribution >= 4 is 29.7 Å². The molecule has 0 radical (unpaired) electrons. The Bertz CT molecular complexity index is 1860. The Morgan fingerprint density at radius 1 is 0.907 bits per heavy atom. The van der Waals surface area contributed by atoms with E-state index in [1.807, 2.05) is 0 Å². The summed E-state index contributed by atoms with van der Waals surface area (Å²) in [5.41, 5.74) is -6.46. The fourth-order valence-corrected chi connectivity index (χ4v) is 9.37. The van der Waals surface area contributed by atoms with Gasteiger partial charge in [-0.3, -0.25) is 14.4 Å². The second-order valence-electron chi connectivity index (χ2n) is 15.8. The molecule has 11 atom stereocenters. The van der Waals surface area contributed by atoms with Gasteiger partial charge >= 0.3 is 23.9 Å². The molecule has 4 aliphatic rings. The van der Waals surface area contributed by atoms with Gasteiger partial charge in [-0.2, -0.15) is 0 Å². The van der Waals surface area contributed by atoms with Crippen LogP contribution in [0.5, 0.6) is 0 Å². The van der Waals surface area contributed by atoms with Gasteiger partial charge in [-0.1, -0.05) is 69.3 Å². The molecular weight excluding hydrogens is 700 g/mol. The second-order valence-corrected chi connectivity index (χ2v) is 15.8. The number of benzene rings is 2. The van der Waals surface area contributed by atoms with E-state index in [2.05, 4.69) is 0 Å². The van der Waals surface area contributed by atoms with E-state index in [1.165, 1.54) is 26.0 Å². The molecule has 1 aliphatic heterocycles. The van der Waals surface area contributed by atoms with E-state index in [0.29, 0.717) is 5.56 Å². The van der Waals surface area contributed by atoms with Crippen LogP contribution in [0.1, 0.15) is 83.1 Å². The molecule has 290 valence electrons. The van der Waals surface area contributed by atoms with Crippen LogP contribution >= 0.6 is 0 Å². The summed E-state index contributed by atoms with van der Waals surface area (Å²) in [7, 11) is 0. The van der Waals surface area contributed by atoms with Crippen molar-refractivity contribution in [3.63, 3.8) is 0 Å². The van der Waals surface area contributed by atoms with E-state index < -0.39 is 107 Å². The molecule has 54 heavy (non-hydrogen) atoms. The number of aliphatic hydroxyl groups is 3. The molecule has 13 nitrogen and oxygen atoms in total. The third kappa shape index (κ3) is 6.05. The van der Waals surface area contributed by atoms with Crippen molar-refractivity contribution in [3.8, 4) is 0 Å². The number of ketones is 1. The van der Waals surface area contributed by atoms with Gasteiger partial charge in [-0.05, 0) is 42.7 Å². The van der Waals surface area contributed by atoms with Crippen LogP contribution < -0.4 is 0 Å². The van der Waals surface area contributed by atoms with E-state index in [1.54, 1.807) is 76.2 Å². The van der Waals surface area contributed by atoms with Crippen molar-refractivity contribution in [3.05, 3.63) is 82.9 Å². The van der Waals surface area contributed by atoms with Gasteiger partial charge in [-0.25, -0.2) is 9.59 Å². The molecule has 0 unspecified atom stereocenters. The van der Waals surface area contributed by atoms with Gasteiger partial charge in [0.2, 0.25) is 0 Å². The molecule has 2 aromatic rings. The van der Waals surface area contributed by atoms with Crippen molar-refractivity contribution in [1.29, 1.82) is 0 Å². The van der Waals surface area contributed by atoms with Crippen LogP contribution in [-0.4, -0.2) is 99.4 Å². The molecule has 0 spiro atoms. The molecule has 3 fully saturated rings. The van der Waals surface area contributed by atoms with Crippen LogP contribution in [0.25, 0.3) is 0 Å². The monoisotopic (exact) mass is 748 g/mol. The number of hydrogen-bond acceptors (Lipinski definition) is 13. The van der Waals surface area contributed by atoms with Crippen LogP contribution in [0.2, 0.25) is 0 Å². The maximum Gasteiger partial charge on any atom is 0.338 e. The summed E-state index contributed by atoms with van der Waals surface area (Å²) in [6, 6.07) is 16.8. The topological polar surface area (TPSA) is 192 Å². The van der Waals surface area contributed by atoms with Crippen LogP contribution in [0.15, 0.2) is 71.8 Å². The van der Waals surface area contributed by atoms with Gasteiger partial charge in [0.25, 0.3) is 0 Å². The summed E-state index contributed by atoms with van der Waals surface area (Å²) in [4.78, 5) is 68.9. The molecule has 0 aromatic heterocycles. The first-order valence-corrected chi connectivity index (χ1v) is 18.1. The van der Waals surface area contributed by atoms with Gasteiger partial charge < -0.3 is 39.0 Å². The fraction of sp³-hybridized carbons (Fsp3) is 0.537. The Morgan fingerprint density at radius 2 is 1.52 bits per heavy atom. The lowest BCUT2D eigenvalue weighted by Gasteiger charge is -2.67. The van der Waals surface area contributed by atoms with E-state index in [-0.39, 0.29) is 29.7 Å². The first kappa shape index (κ1) is 39.3. The zero-order valence-electron chi connectivity index (χ0n) is 31.4. The van der Waals surface area contributed by atoms with E-state index in [0.717, 1.165) is 6.92 Å². The highest BCUT2D eigenvalue weighted by Gasteiger charge is 2.78. The maximum absolute atomic E-state index is 15.3. The maximum atomic E-state index is 15.3. The Hall–Kier alpha value is -4.43. The van der Waals surface area contributed by atoms with Crippen molar-refractivity contribution in [2.75, 3.05) is 6.61 Å². The molecule has 3 N–H and O–H groups in total. The summed E-state index contributed by atoms with van der Waals surface area (Å²) in [6.07, 6.45) is -9.57. The summed E-state index contributed by atoms with van der Waals surface area (Å²) < 4.78 is 30.0. The summed E-state index contributed by atoms with van der Waals surface area (Å²) >= 11 is 0. The predicted octanol–water partition coefficient (Wildman–Crippen LogP) is 3.37. The first-order chi connectivity index (χ1) is 25.3. The Balaban J connectivity index is 1.58. The van der Waals surface area contributed by atoms with Crippen molar-refractivity contribution in [2.24, 2.45) is 16.7 Å². The summed E-state index contributed by atoms with van der Waals surface area (Å²) in [6.45, 7) is 9.86. The highest BCUT2D eigenvalue weighted by atomic mass is 16.6. The average molecular weight is 749 g/mol. The van der Waals surface area contributed by atoms with Crippen molar-refractivity contribution in [1.82, 2.24) is 0 Å². The molecule has 13 heteroatoms. The zero-order chi connectivity index (χ0) is 39.5. The largest absolute Gasteiger partial charge is 0.456 e. The van der Waals surface area contributed by atoms with Crippen LogP contribution in [0.3, 0.4) is 0 Å². The van der Waals surface area contributed by atoms with E-state index >= 15 is 4.79 Å². The number of ether oxygens (including phenoxy) is 5. The third-order valence-electron chi connectivity index (χ3n) is 12.5. The third-order valence-corrected chi connectivity index (χ3v) is 12.5. The number of fused-ring (bicyclic) bond motifs is 5. The van der Waals surface area contributed by atoms with Gasteiger partial charge in [0.15, 0.2) is 23.6 Å². The molecule has 2 saturated carbocycles. The van der Waals surface area contributed by atoms with Crippen molar-refractivity contribution in [2.45, 2.75) is 115 Å². The number of aliphatic hydroxyl groups excluding tert-OH is 2. The van der Waals surface area contributed by atoms with Crippen LogP contribution in [-0.2, 0) is 42.9 Å². The standard InChI is InChI=1S/C41H48O13/c1-21(25-14-10-8-11-15-25)31(45)37(48)52-27-19-41(49)35(53-36(47)26-16-12-9-13-17-26)33-39(7,28(44)18-29-40(33,20-50-29)54-24(4)43)34(46)32(51-23(3)42)30(22(27)2)38(41,5)6/h8-17,21,27-29,31-33,35,44-45,49H,18-20H2,1-7H3/t21-,27-,28-,29+,31+,32+,33-,35-,39+,40-,41+/m0/s1. The normalized spacial score (nSPS) is 35.0. The van der Waals surface area contributed by atoms with Crippen molar-refractivity contribution < 1.29 is 63.0 Å². The molecule has 6 rings (SSSR count). The van der Waals surface area contributed by atoms with Gasteiger partial charge in [0, 0.05) is 38.0 Å². The first-order valence-electron chi connectivity index (χ1n) is 18.1. The average Bonchev–Trinajstić information content (AvgIpc) is 3.12. The van der Waals surface area contributed by atoms with Crippen LogP contribution in [0.4, 0.5) is 0 Å². The molecular formula is C41H48O13. The minimum Gasteiger partial charge on any atom is -0.456 e.